The first-order valence-corrected chi connectivity index (χ1v) is 10.5. The van der Waals surface area contributed by atoms with Crippen LogP contribution in [0.4, 0.5) is 4.79 Å². The molecule has 1 N–H and O–H groups in total. The van der Waals surface area contributed by atoms with Crippen molar-refractivity contribution in [1.29, 1.82) is 0 Å². The van der Waals surface area contributed by atoms with Gasteiger partial charge in [-0.3, -0.25) is 4.79 Å². The van der Waals surface area contributed by atoms with E-state index in [0.717, 1.165) is 11.0 Å². The summed E-state index contributed by atoms with van der Waals surface area (Å²) in [5, 5.41) is 2.97. The molecule has 3 rings (SSSR count). The third kappa shape index (κ3) is 5.16. The lowest BCUT2D eigenvalue weighted by Gasteiger charge is -2.40. The molecule has 0 radical (unpaired) electrons. The van der Waals surface area contributed by atoms with Crippen molar-refractivity contribution in [2.45, 2.75) is 77.7 Å². The Morgan fingerprint density at radius 3 is 2.13 bits per heavy atom. The predicted octanol–water partition coefficient (Wildman–Crippen LogP) is 2.26. The van der Waals surface area contributed by atoms with E-state index >= 15 is 0 Å². The average molecular weight is 416 g/mol. The molecule has 0 aromatic heterocycles. The van der Waals surface area contributed by atoms with Crippen LogP contribution in [0.2, 0.25) is 0 Å². The van der Waals surface area contributed by atoms with Crippen molar-refractivity contribution in [2.75, 3.05) is 13.1 Å². The maximum absolute atomic E-state index is 12.3. The number of carbonyl (C=O) groups is 2. The summed E-state index contributed by atoms with van der Waals surface area (Å²) in [6.07, 6.45) is -0.0571. The van der Waals surface area contributed by atoms with Crippen LogP contribution >= 0.6 is 0 Å². The second-order valence-corrected chi connectivity index (χ2v) is 10.2. The van der Waals surface area contributed by atoms with Gasteiger partial charge in [-0.1, -0.05) is 24.3 Å². The Labute approximate surface area is 179 Å². The Morgan fingerprint density at radius 2 is 1.63 bits per heavy atom. The minimum absolute atomic E-state index is 0.0333. The monoisotopic (exact) mass is 416 g/mol. The Kier molecular flexibility index (Phi) is 5.95. The summed E-state index contributed by atoms with van der Waals surface area (Å²) >= 11 is 0. The summed E-state index contributed by atoms with van der Waals surface area (Å²) in [5.41, 5.74) is 0.566. The van der Waals surface area contributed by atoms with Gasteiger partial charge in [0, 0.05) is 13.1 Å². The highest BCUT2D eigenvalue weighted by molar-refractivity contribution is 6.62. The van der Waals surface area contributed by atoms with E-state index in [4.69, 9.17) is 14.0 Å². The summed E-state index contributed by atoms with van der Waals surface area (Å²) in [4.78, 5) is 25.9. The zero-order chi connectivity index (χ0) is 22.3. The fourth-order valence-corrected chi connectivity index (χ4v) is 3.28. The van der Waals surface area contributed by atoms with Crippen LogP contribution in [0, 0.1) is 0 Å². The van der Waals surface area contributed by atoms with Gasteiger partial charge in [-0.05, 0) is 59.5 Å². The maximum atomic E-state index is 12.3. The Hall–Kier alpha value is -2.06. The van der Waals surface area contributed by atoms with Gasteiger partial charge in [0.15, 0.2) is 0 Å². The summed E-state index contributed by atoms with van der Waals surface area (Å²) in [6.45, 7) is 14.5. The summed E-state index contributed by atoms with van der Waals surface area (Å²) < 4.78 is 17.4. The van der Waals surface area contributed by atoms with Gasteiger partial charge in [-0.2, -0.15) is 0 Å². The maximum Gasteiger partial charge on any atom is 0.494 e. The van der Waals surface area contributed by atoms with Gasteiger partial charge >= 0.3 is 13.2 Å². The molecule has 1 aromatic rings. The molecule has 0 atom stereocenters. The molecule has 2 saturated heterocycles. The van der Waals surface area contributed by atoms with E-state index in [9.17, 15) is 9.59 Å². The number of hydrogen-bond donors (Lipinski definition) is 1. The molecule has 8 heteroatoms. The van der Waals surface area contributed by atoms with Crippen LogP contribution < -0.4 is 10.8 Å². The molecule has 0 aliphatic carbocycles. The van der Waals surface area contributed by atoms with Gasteiger partial charge in [0.05, 0.1) is 23.7 Å². The predicted molar refractivity (Wildman–Crippen MR) is 116 cm³/mol. The van der Waals surface area contributed by atoms with Crippen molar-refractivity contribution in [2.24, 2.45) is 0 Å². The number of nitrogens with one attached hydrogen (secondary N) is 1. The van der Waals surface area contributed by atoms with Crippen molar-refractivity contribution >= 4 is 24.6 Å². The van der Waals surface area contributed by atoms with E-state index in [1.54, 1.807) is 4.90 Å². The van der Waals surface area contributed by atoms with E-state index in [1.165, 1.54) is 0 Å². The smallest absolute Gasteiger partial charge is 0.444 e. The van der Waals surface area contributed by atoms with E-state index in [2.05, 4.69) is 5.32 Å². The second-order valence-electron chi connectivity index (χ2n) is 10.2. The fourth-order valence-electron chi connectivity index (χ4n) is 3.28. The molecule has 2 aliphatic heterocycles. The SMILES string of the molecule is CC(C)(C)OC(=O)N1CC(NC(=O)Cc2ccc(B3OC(C)(C)C(C)(C)O3)cc2)C1. The first-order chi connectivity index (χ1) is 13.8. The van der Waals surface area contributed by atoms with Gasteiger partial charge in [-0.25, -0.2) is 4.79 Å². The van der Waals surface area contributed by atoms with Crippen LogP contribution in [0.15, 0.2) is 24.3 Å². The molecule has 0 saturated carbocycles. The molecule has 30 heavy (non-hydrogen) atoms. The van der Waals surface area contributed by atoms with Crippen LogP contribution in [0.25, 0.3) is 0 Å². The molecule has 164 valence electrons. The van der Waals surface area contributed by atoms with Gasteiger partial charge in [0.2, 0.25) is 5.91 Å². The van der Waals surface area contributed by atoms with Gasteiger partial charge in [0.1, 0.15) is 5.60 Å². The average Bonchev–Trinajstić information content (AvgIpc) is 2.77. The van der Waals surface area contributed by atoms with E-state index in [0.29, 0.717) is 13.1 Å². The molecule has 2 fully saturated rings. The van der Waals surface area contributed by atoms with Crippen molar-refractivity contribution < 1.29 is 23.6 Å². The number of likely N-dealkylation sites (tertiary alicyclic amines) is 1. The highest BCUT2D eigenvalue weighted by atomic mass is 16.7. The summed E-state index contributed by atoms with van der Waals surface area (Å²) in [5.74, 6) is -0.0628. The molecule has 0 bridgehead atoms. The molecule has 2 heterocycles. The third-order valence-electron chi connectivity index (χ3n) is 5.77. The molecule has 0 spiro atoms. The molecule has 1 aromatic carbocycles. The molecular formula is C22H33BN2O5. The Morgan fingerprint density at radius 1 is 1.10 bits per heavy atom. The van der Waals surface area contributed by atoms with E-state index in [-0.39, 0.29) is 35.7 Å². The van der Waals surface area contributed by atoms with E-state index < -0.39 is 12.7 Å². The van der Waals surface area contributed by atoms with Crippen LogP contribution in [0.5, 0.6) is 0 Å². The number of benzene rings is 1. The summed E-state index contributed by atoms with van der Waals surface area (Å²) in [7, 11) is -0.410. The van der Waals surface area contributed by atoms with Crippen LogP contribution in [-0.4, -0.2) is 60.0 Å². The normalized spacial score (nSPS) is 20.6. The minimum Gasteiger partial charge on any atom is -0.444 e. The van der Waals surface area contributed by atoms with Crippen molar-refractivity contribution in [3.05, 3.63) is 29.8 Å². The number of rotatable bonds is 4. The van der Waals surface area contributed by atoms with Gasteiger partial charge < -0.3 is 24.3 Å². The lowest BCUT2D eigenvalue weighted by Crippen LogP contribution is -2.61. The van der Waals surface area contributed by atoms with Crippen LogP contribution in [-0.2, 0) is 25.3 Å². The zero-order valence-electron chi connectivity index (χ0n) is 19.1. The topological polar surface area (TPSA) is 77.1 Å². The highest BCUT2D eigenvalue weighted by Gasteiger charge is 2.51. The second kappa shape index (κ2) is 7.89. The Bertz CT molecular complexity index is 779. The number of ether oxygens (including phenoxy) is 1. The number of hydrogen-bond acceptors (Lipinski definition) is 5. The lowest BCUT2D eigenvalue weighted by molar-refractivity contribution is -0.122. The third-order valence-corrected chi connectivity index (χ3v) is 5.77. The molecule has 2 amide bonds. The van der Waals surface area contributed by atoms with Crippen molar-refractivity contribution in [1.82, 2.24) is 10.2 Å². The molecule has 2 aliphatic rings. The Balaban J connectivity index is 1.45. The highest BCUT2D eigenvalue weighted by Crippen LogP contribution is 2.36. The lowest BCUT2D eigenvalue weighted by atomic mass is 9.79. The number of amides is 2. The first kappa shape index (κ1) is 22.6. The first-order valence-electron chi connectivity index (χ1n) is 10.5. The zero-order valence-corrected chi connectivity index (χ0v) is 19.1. The molecule has 7 nitrogen and oxygen atoms in total. The van der Waals surface area contributed by atoms with E-state index in [1.807, 2.05) is 72.7 Å². The van der Waals surface area contributed by atoms with Gasteiger partial charge in [0.25, 0.3) is 0 Å². The van der Waals surface area contributed by atoms with Crippen LogP contribution in [0.1, 0.15) is 54.0 Å². The van der Waals surface area contributed by atoms with Gasteiger partial charge in [-0.15, -0.1) is 0 Å². The van der Waals surface area contributed by atoms with Crippen LogP contribution in [0.3, 0.4) is 0 Å². The number of carbonyl (C=O) groups excluding carboxylic acids is 2. The quantitative estimate of drug-likeness (QED) is 0.763. The largest absolute Gasteiger partial charge is 0.494 e. The number of nitrogens with zero attached hydrogens (tertiary/aromatic N) is 1. The van der Waals surface area contributed by atoms with Crippen molar-refractivity contribution in [3.63, 3.8) is 0 Å². The minimum atomic E-state index is -0.516. The van der Waals surface area contributed by atoms with Crippen molar-refractivity contribution in [3.8, 4) is 0 Å². The molecule has 0 unspecified atom stereocenters. The summed E-state index contributed by atoms with van der Waals surface area (Å²) in [6, 6.07) is 7.70. The fraction of sp³-hybridized carbons (Fsp3) is 0.636. The standard InChI is InChI=1S/C22H33BN2O5/c1-20(2,3)28-19(27)25-13-17(14-25)24-18(26)12-15-8-10-16(11-9-15)23-29-21(4,5)22(6,7)30-23/h8-11,17H,12-14H2,1-7H3,(H,24,26). The molecular weight excluding hydrogens is 383 g/mol.